The van der Waals surface area contributed by atoms with Gasteiger partial charge in [-0.25, -0.2) is 21.2 Å². The number of carbonyl (C=O) groups is 1. The van der Waals surface area contributed by atoms with Gasteiger partial charge in [-0.3, -0.25) is 9.52 Å². The molecule has 0 spiro atoms. The lowest BCUT2D eigenvalue weighted by Crippen LogP contribution is -2.41. The van der Waals surface area contributed by atoms with Crippen LogP contribution in [0.5, 0.6) is 0 Å². The van der Waals surface area contributed by atoms with Crippen LogP contribution >= 0.6 is 0 Å². The molecule has 0 aliphatic heterocycles. The molecule has 25 heavy (non-hydrogen) atoms. The maximum Gasteiger partial charge on any atom is 0.321 e. The van der Waals surface area contributed by atoms with Gasteiger partial charge in [-0.15, -0.1) is 0 Å². The summed E-state index contributed by atoms with van der Waals surface area (Å²) < 4.78 is 65.4. The zero-order valence-corrected chi connectivity index (χ0v) is 15.6. The summed E-state index contributed by atoms with van der Waals surface area (Å²) >= 11 is 0. The molecule has 0 amide bonds. The van der Waals surface area contributed by atoms with Gasteiger partial charge in [0.15, 0.2) is 0 Å². The highest BCUT2D eigenvalue weighted by atomic mass is 32.2. The summed E-state index contributed by atoms with van der Waals surface area (Å²) in [6, 6.07) is 1.23. The second-order valence-electron chi connectivity index (χ2n) is 5.79. The Bertz CT molecular complexity index is 837. The van der Waals surface area contributed by atoms with Gasteiger partial charge in [0.05, 0.1) is 16.3 Å². The minimum Gasteiger partial charge on any atom is -0.480 e. The van der Waals surface area contributed by atoms with E-state index in [-0.39, 0.29) is 18.1 Å². The Morgan fingerprint density at radius 3 is 2.28 bits per heavy atom. The first kappa shape index (κ1) is 21.3. The van der Waals surface area contributed by atoms with E-state index in [0.717, 1.165) is 12.1 Å². The van der Waals surface area contributed by atoms with Gasteiger partial charge >= 0.3 is 5.97 Å². The quantitative estimate of drug-likeness (QED) is 0.578. The Balaban J connectivity index is 3.10. The fourth-order valence-electron chi connectivity index (χ4n) is 1.91. The SMILES string of the molecule is CCS(=O)(=O)Nc1ccc(S(=O)(=O)N[C@@H](CC(C)C)C(=O)O)cc1F. The van der Waals surface area contributed by atoms with Gasteiger partial charge in [0.1, 0.15) is 11.9 Å². The Labute approximate surface area is 146 Å². The number of carboxylic acids is 1. The Kier molecular flexibility index (Phi) is 6.91. The van der Waals surface area contributed by atoms with Crippen LogP contribution in [0.1, 0.15) is 27.2 Å². The van der Waals surface area contributed by atoms with E-state index in [1.807, 2.05) is 9.44 Å². The molecule has 0 fully saturated rings. The summed E-state index contributed by atoms with van der Waals surface area (Å²) in [4.78, 5) is 10.7. The molecule has 0 heterocycles. The van der Waals surface area contributed by atoms with Crippen LogP contribution in [0.3, 0.4) is 0 Å². The second-order valence-corrected chi connectivity index (χ2v) is 9.51. The average Bonchev–Trinajstić information content (AvgIpc) is 2.47. The van der Waals surface area contributed by atoms with Crippen molar-refractivity contribution in [3.63, 3.8) is 0 Å². The van der Waals surface area contributed by atoms with Crippen molar-refractivity contribution in [3.8, 4) is 0 Å². The van der Waals surface area contributed by atoms with Gasteiger partial charge in [-0.05, 0) is 37.5 Å². The molecule has 0 unspecified atom stereocenters. The van der Waals surface area contributed by atoms with E-state index in [2.05, 4.69) is 0 Å². The lowest BCUT2D eigenvalue weighted by atomic mass is 10.1. The summed E-state index contributed by atoms with van der Waals surface area (Å²) in [5, 5.41) is 9.11. The fourth-order valence-corrected chi connectivity index (χ4v) is 3.77. The predicted octanol–water partition coefficient (Wildman–Crippen LogP) is 1.36. The van der Waals surface area contributed by atoms with Gasteiger partial charge in [0, 0.05) is 0 Å². The molecule has 0 aromatic heterocycles. The highest BCUT2D eigenvalue weighted by Crippen LogP contribution is 2.21. The van der Waals surface area contributed by atoms with Gasteiger partial charge in [0.2, 0.25) is 20.0 Å². The van der Waals surface area contributed by atoms with Crippen LogP contribution < -0.4 is 9.44 Å². The molecular weight excluding hydrogens is 375 g/mol. The van der Waals surface area contributed by atoms with Crippen molar-refractivity contribution >= 4 is 31.7 Å². The number of sulfonamides is 2. The van der Waals surface area contributed by atoms with Gasteiger partial charge in [0.25, 0.3) is 0 Å². The molecule has 3 N–H and O–H groups in total. The summed E-state index contributed by atoms with van der Waals surface area (Å²) in [5.74, 6) is -2.78. The van der Waals surface area contributed by atoms with E-state index in [1.165, 1.54) is 6.92 Å². The standard InChI is InChI=1S/C14H21FN2O6S2/c1-4-24(20,21)16-12-6-5-10(8-11(12)15)25(22,23)17-13(14(18)19)7-9(2)3/h5-6,8-9,13,16-17H,4,7H2,1-3H3,(H,18,19)/t13-/m0/s1. The predicted molar refractivity (Wildman–Crippen MR) is 90.7 cm³/mol. The number of carboxylic acid groups (broad SMARTS) is 1. The Hall–Kier alpha value is -1.72. The van der Waals surface area contributed by atoms with E-state index in [0.29, 0.717) is 6.07 Å². The summed E-state index contributed by atoms with van der Waals surface area (Å²) in [5.41, 5.74) is -0.391. The number of rotatable bonds is 9. The first-order valence-corrected chi connectivity index (χ1v) is 10.6. The third-order valence-corrected chi connectivity index (χ3v) is 5.96. The zero-order chi connectivity index (χ0) is 19.4. The number of anilines is 1. The van der Waals surface area contributed by atoms with Crippen molar-refractivity contribution in [1.82, 2.24) is 4.72 Å². The molecule has 0 aliphatic carbocycles. The number of hydrogen-bond donors (Lipinski definition) is 3. The molecule has 1 aromatic rings. The van der Waals surface area contributed by atoms with Crippen molar-refractivity contribution in [2.24, 2.45) is 5.92 Å². The van der Waals surface area contributed by atoms with Crippen molar-refractivity contribution in [2.75, 3.05) is 10.5 Å². The largest absolute Gasteiger partial charge is 0.480 e. The zero-order valence-electron chi connectivity index (χ0n) is 14.0. The number of aliphatic carboxylic acids is 1. The molecule has 11 heteroatoms. The first-order chi connectivity index (χ1) is 11.4. The van der Waals surface area contributed by atoms with E-state index in [1.54, 1.807) is 13.8 Å². The van der Waals surface area contributed by atoms with Gasteiger partial charge < -0.3 is 5.11 Å². The van der Waals surface area contributed by atoms with Crippen LogP contribution in [0.25, 0.3) is 0 Å². The monoisotopic (exact) mass is 396 g/mol. The topological polar surface area (TPSA) is 130 Å². The number of hydrogen-bond acceptors (Lipinski definition) is 5. The van der Waals surface area contributed by atoms with E-state index in [9.17, 15) is 26.0 Å². The first-order valence-electron chi connectivity index (χ1n) is 7.43. The second kappa shape index (κ2) is 8.11. The lowest BCUT2D eigenvalue weighted by Gasteiger charge is -2.17. The number of halogens is 1. The van der Waals surface area contributed by atoms with E-state index >= 15 is 0 Å². The molecule has 1 rings (SSSR count). The molecule has 0 saturated heterocycles. The molecule has 0 bridgehead atoms. The minimum absolute atomic E-state index is 0.0609. The van der Waals surface area contributed by atoms with Gasteiger partial charge in [-0.1, -0.05) is 13.8 Å². The molecule has 0 radical (unpaired) electrons. The lowest BCUT2D eigenvalue weighted by molar-refractivity contribution is -0.139. The smallest absolute Gasteiger partial charge is 0.321 e. The number of benzene rings is 1. The maximum atomic E-state index is 14.0. The molecule has 142 valence electrons. The Morgan fingerprint density at radius 2 is 1.84 bits per heavy atom. The van der Waals surface area contributed by atoms with Crippen LogP contribution in [0, 0.1) is 11.7 Å². The van der Waals surface area contributed by atoms with Crippen LogP contribution in [0.2, 0.25) is 0 Å². The molecule has 1 aromatic carbocycles. The van der Waals surface area contributed by atoms with Crippen LogP contribution in [0.4, 0.5) is 10.1 Å². The van der Waals surface area contributed by atoms with Crippen molar-refractivity contribution in [3.05, 3.63) is 24.0 Å². The van der Waals surface area contributed by atoms with Crippen molar-refractivity contribution < 1.29 is 31.1 Å². The summed E-state index contributed by atoms with van der Waals surface area (Å²) in [6.07, 6.45) is 0.0609. The minimum atomic E-state index is -4.29. The highest BCUT2D eigenvalue weighted by Gasteiger charge is 2.27. The fraction of sp³-hybridized carbons (Fsp3) is 0.500. The highest BCUT2D eigenvalue weighted by molar-refractivity contribution is 7.92. The Morgan fingerprint density at radius 1 is 1.24 bits per heavy atom. The number of nitrogens with one attached hydrogen (secondary N) is 2. The summed E-state index contributed by atoms with van der Waals surface area (Å²) in [7, 11) is -8.01. The normalized spacial score (nSPS) is 13.6. The molecule has 0 aliphatic rings. The van der Waals surface area contributed by atoms with Crippen LogP contribution in [0.15, 0.2) is 23.1 Å². The molecular formula is C14H21FN2O6S2. The van der Waals surface area contributed by atoms with Gasteiger partial charge in [-0.2, -0.15) is 4.72 Å². The van der Waals surface area contributed by atoms with E-state index in [4.69, 9.17) is 5.11 Å². The third kappa shape index (κ3) is 6.25. The third-order valence-electron chi connectivity index (χ3n) is 3.20. The molecule has 1 atom stereocenters. The summed E-state index contributed by atoms with van der Waals surface area (Å²) in [6.45, 7) is 4.83. The van der Waals surface area contributed by atoms with Crippen LogP contribution in [-0.4, -0.2) is 39.7 Å². The average molecular weight is 396 g/mol. The molecule has 8 nitrogen and oxygen atoms in total. The van der Waals surface area contributed by atoms with Crippen molar-refractivity contribution in [2.45, 2.75) is 38.1 Å². The molecule has 0 saturated carbocycles. The van der Waals surface area contributed by atoms with Crippen molar-refractivity contribution in [1.29, 1.82) is 0 Å². The van der Waals surface area contributed by atoms with Crippen LogP contribution in [-0.2, 0) is 24.8 Å². The van der Waals surface area contributed by atoms with E-state index < -0.39 is 48.5 Å². The maximum absolute atomic E-state index is 14.0.